The summed E-state index contributed by atoms with van der Waals surface area (Å²) in [6.07, 6.45) is 2.70. The highest BCUT2D eigenvalue weighted by atomic mass is 35.5. The van der Waals surface area contributed by atoms with Crippen LogP contribution in [0.4, 0.5) is 0 Å². The van der Waals surface area contributed by atoms with Crippen LogP contribution in [0.1, 0.15) is 35.4 Å². The summed E-state index contributed by atoms with van der Waals surface area (Å²) in [6.45, 7) is 4.37. The number of rotatable bonds is 6. The fourth-order valence-electron chi connectivity index (χ4n) is 3.18. The lowest BCUT2D eigenvalue weighted by Crippen LogP contribution is -2.41. The van der Waals surface area contributed by atoms with Gasteiger partial charge in [0.1, 0.15) is 17.0 Å². The van der Waals surface area contributed by atoms with Crippen molar-refractivity contribution < 1.29 is 14.1 Å². The van der Waals surface area contributed by atoms with Gasteiger partial charge in [0.15, 0.2) is 0 Å². The Bertz CT molecular complexity index is 754. The van der Waals surface area contributed by atoms with Crippen molar-refractivity contribution in [2.24, 2.45) is 5.73 Å². The van der Waals surface area contributed by atoms with Crippen LogP contribution in [0, 0.1) is 6.92 Å². The number of hydrogen-bond acceptors (Lipinski definition) is 5. The molecule has 2 N–H and O–H groups in total. The largest absolute Gasteiger partial charge is 0.378 e. The van der Waals surface area contributed by atoms with E-state index in [1.807, 2.05) is 23.1 Å². The predicted octanol–water partition coefficient (Wildman–Crippen LogP) is 3.27. The Hall–Kier alpha value is -1.89. The van der Waals surface area contributed by atoms with Gasteiger partial charge >= 0.3 is 0 Å². The van der Waals surface area contributed by atoms with Crippen molar-refractivity contribution in [1.29, 1.82) is 0 Å². The first kappa shape index (κ1) is 18.9. The Kier molecular flexibility index (Phi) is 6.29. The molecule has 0 aliphatic carbocycles. The molecule has 1 amide bonds. The summed E-state index contributed by atoms with van der Waals surface area (Å²) in [5.41, 5.74) is 7.18. The number of nitrogens with two attached hydrogens (primary N) is 1. The molecule has 6 nitrogen and oxygen atoms in total. The maximum atomic E-state index is 13.1. The second-order valence-corrected chi connectivity index (χ2v) is 6.85. The molecule has 0 unspecified atom stereocenters. The van der Waals surface area contributed by atoms with Crippen molar-refractivity contribution in [3.05, 3.63) is 40.6 Å². The molecule has 1 saturated heterocycles. The van der Waals surface area contributed by atoms with E-state index in [9.17, 15) is 4.79 Å². The summed E-state index contributed by atoms with van der Waals surface area (Å²) >= 11 is 6.28. The summed E-state index contributed by atoms with van der Waals surface area (Å²) in [5.74, 6) is 0.435. The van der Waals surface area contributed by atoms with Crippen molar-refractivity contribution >= 4 is 17.5 Å². The van der Waals surface area contributed by atoms with Crippen LogP contribution in [-0.2, 0) is 4.74 Å². The third-order valence-corrected chi connectivity index (χ3v) is 4.97. The molecule has 3 rings (SSSR count). The van der Waals surface area contributed by atoms with Gasteiger partial charge in [0.05, 0.1) is 11.1 Å². The first-order chi connectivity index (χ1) is 12.6. The smallest absolute Gasteiger partial charge is 0.259 e. The van der Waals surface area contributed by atoms with Crippen LogP contribution < -0.4 is 5.73 Å². The van der Waals surface area contributed by atoms with Gasteiger partial charge in [-0.3, -0.25) is 4.79 Å². The van der Waals surface area contributed by atoms with Gasteiger partial charge in [0.25, 0.3) is 5.91 Å². The maximum absolute atomic E-state index is 13.1. The highest BCUT2D eigenvalue weighted by Crippen LogP contribution is 2.32. The zero-order valence-corrected chi connectivity index (χ0v) is 15.7. The van der Waals surface area contributed by atoms with Crippen LogP contribution in [0.25, 0.3) is 11.3 Å². The van der Waals surface area contributed by atoms with E-state index < -0.39 is 0 Å². The van der Waals surface area contributed by atoms with Crippen LogP contribution in [0.2, 0.25) is 5.02 Å². The molecule has 140 valence electrons. The normalized spacial score (nSPS) is 15.4. The van der Waals surface area contributed by atoms with Gasteiger partial charge in [-0.2, -0.15) is 0 Å². The Morgan fingerprint density at radius 2 is 2.12 bits per heavy atom. The van der Waals surface area contributed by atoms with Gasteiger partial charge in [0.2, 0.25) is 0 Å². The number of hydrogen-bond donors (Lipinski definition) is 1. The Morgan fingerprint density at radius 3 is 2.81 bits per heavy atom. The molecule has 0 atom stereocenters. The maximum Gasteiger partial charge on any atom is 0.259 e. The van der Waals surface area contributed by atoms with Gasteiger partial charge in [0, 0.05) is 25.3 Å². The number of ether oxygens (including phenoxy) is 1. The molecular formula is C19H24ClN3O3. The number of carbonyl (C=O) groups is 1. The number of halogens is 1. The summed E-state index contributed by atoms with van der Waals surface area (Å²) in [5, 5.41) is 4.63. The number of aryl methyl sites for hydroxylation is 1. The third-order valence-electron chi connectivity index (χ3n) is 4.64. The quantitative estimate of drug-likeness (QED) is 0.781. The summed E-state index contributed by atoms with van der Waals surface area (Å²) in [6, 6.07) is 7.33. The van der Waals surface area contributed by atoms with Gasteiger partial charge < -0.3 is 19.9 Å². The molecule has 1 fully saturated rings. The fraction of sp³-hybridized carbons (Fsp3) is 0.474. The molecule has 2 heterocycles. The van der Waals surface area contributed by atoms with E-state index in [0.717, 1.165) is 19.3 Å². The number of nitrogens with zero attached hydrogens (tertiary/aromatic N) is 2. The van der Waals surface area contributed by atoms with Crippen molar-refractivity contribution in [1.82, 2.24) is 10.1 Å². The van der Waals surface area contributed by atoms with E-state index in [2.05, 4.69) is 5.16 Å². The number of benzene rings is 1. The lowest BCUT2D eigenvalue weighted by molar-refractivity contribution is 0.00843. The second-order valence-electron chi connectivity index (χ2n) is 6.45. The van der Waals surface area contributed by atoms with Gasteiger partial charge in [-0.05, 0) is 38.8 Å². The van der Waals surface area contributed by atoms with Crippen LogP contribution in [0.3, 0.4) is 0 Å². The van der Waals surface area contributed by atoms with Crippen molar-refractivity contribution in [3.8, 4) is 11.3 Å². The zero-order valence-electron chi connectivity index (χ0n) is 14.9. The minimum absolute atomic E-state index is 0.0703. The van der Waals surface area contributed by atoms with E-state index in [1.165, 1.54) is 0 Å². The molecular weight excluding hydrogens is 354 g/mol. The fourth-order valence-corrected chi connectivity index (χ4v) is 3.40. The first-order valence-electron chi connectivity index (χ1n) is 8.94. The Labute approximate surface area is 158 Å². The van der Waals surface area contributed by atoms with Gasteiger partial charge in [-0.1, -0.05) is 35.0 Å². The van der Waals surface area contributed by atoms with Crippen molar-refractivity contribution in [3.63, 3.8) is 0 Å². The Balaban J connectivity index is 1.72. The molecule has 7 heteroatoms. The van der Waals surface area contributed by atoms with Crippen LogP contribution >= 0.6 is 11.6 Å². The molecule has 1 aromatic heterocycles. The molecule has 2 aromatic rings. The lowest BCUT2D eigenvalue weighted by Gasteiger charge is -2.32. The average Bonchev–Trinajstić information content (AvgIpc) is 3.03. The van der Waals surface area contributed by atoms with E-state index in [1.54, 1.807) is 13.0 Å². The van der Waals surface area contributed by atoms with Gasteiger partial charge in [-0.15, -0.1) is 0 Å². The van der Waals surface area contributed by atoms with Crippen molar-refractivity contribution in [2.75, 3.05) is 26.2 Å². The molecule has 26 heavy (non-hydrogen) atoms. The molecule has 0 spiro atoms. The van der Waals surface area contributed by atoms with Crippen molar-refractivity contribution in [2.45, 2.75) is 32.3 Å². The summed E-state index contributed by atoms with van der Waals surface area (Å²) in [7, 11) is 0. The molecule has 1 aromatic carbocycles. The van der Waals surface area contributed by atoms with Crippen LogP contribution in [0.5, 0.6) is 0 Å². The SMILES string of the molecule is Cc1onc(-c2ccccc2Cl)c1C(=O)N1CCC(OCCCN)CC1. The zero-order chi connectivity index (χ0) is 18.5. The third kappa shape index (κ3) is 4.09. The monoisotopic (exact) mass is 377 g/mol. The predicted molar refractivity (Wildman–Crippen MR) is 100 cm³/mol. The molecule has 1 aliphatic rings. The highest BCUT2D eigenvalue weighted by molar-refractivity contribution is 6.33. The molecule has 1 aliphatic heterocycles. The molecule has 0 bridgehead atoms. The number of aromatic nitrogens is 1. The molecule has 0 radical (unpaired) electrons. The van der Waals surface area contributed by atoms with E-state index in [-0.39, 0.29) is 12.0 Å². The number of piperidine rings is 1. The lowest BCUT2D eigenvalue weighted by atomic mass is 10.0. The topological polar surface area (TPSA) is 81.6 Å². The second kappa shape index (κ2) is 8.66. The van der Waals surface area contributed by atoms with E-state index in [0.29, 0.717) is 53.8 Å². The van der Waals surface area contributed by atoms with Gasteiger partial charge in [-0.25, -0.2) is 0 Å². The number of carbonyl (C=O) groups excluding carboxylic acids is 1. The number of amides is 1. The van der Waals surface area contributed by atoms with E-state index in [4.69, 9.17) is 26.6 Å². The number of likely N-dealkylation sites (tertiary alicyclic amines) is 1. The average molecular weight is 378 g/mol. The first-order valence-corrected chi connectivity index (χ1v) is 9.31. The van der Waals surface area contributed by atoms with Crippen LogP contribution in [-0.4, -0.2) is 48.3 Å². The van der Waals surface area contributed by atoms with Crippen LogP contribution in [0.15, 0.2) is 28.8 Å². The minimum Gasteiger partial charge on any atom is -0.378 e. The summed E-state index contributed by atoms with van der Waals surface area (Å²) < 4.78 is 11.1. The highest BCUT2D eigenvalue weighted by Gasteiger charge is 2.30. The minimum atomic E-state index is -0.0703. The molecule has 0 saturated carbocycles. The van der Waals surface area contributed by atoms with E-state index >= 15 is 0 Å². The standard InChI is InChI=1S/C19H24ClN3O3/c1-13-17(18(22-26-13)15-5-2-3-6-16(15)20)19(24)23-10-7-14(8-11-23)25-12-4-9-21/h2-3,5-6,14H,4,7-12,21H2,1H3. The Morgan fingerprint density at radius 1 is 1.38 bits per heavy atom. The summed E-state index contributed by atoms with van der Waals surface area (Å²) in [4.78, 5) is 14.9.